The van der Waals surface area contributed by atoms with Crippen molar-refractivity contribution in [2.24, 2.45) is 7.05 Å². The van der Waals surface area contributed by atoms with Crippen molar-refractivity contribution in [3.8, 4) is 6.07 Å². The Morgan fingerprint density at radius 1 is 1.10 bits per heavy atom. The third-order valence-electron chi connectivity index (χ3n) is 4.14. The van der Waals surface area contributed by atoms with Crippen molar-refractivity contribution in [2.75, 3.05) is 0 Å². The molecule has 0 N–H and O–H groups in total. The fourth-order valence-corrected chi connectivity index (χ4v) is 3.20. The molecular weight excluding hydrogens is 260 g/mol. The maximum atomic E-state index is 9.27. The number of hydrogen-bond donors (Lipinski definition) is 0. The van der Waals surface area contributed by atoms with Gasteiger partial charge in [-0.1, -0.05) is 18.2 Å². The molecule has 0 unspecified atom stereocenters. The summed E-state index contributed by atoms with van der Waals surface area (Å²) in [5.74, 6) is 0. The second-order valence-electron chi connectivity index (χ2n) is 5.20. The van der Waals surface area contributed by atoms with Crippen molar-refractivity contribution in [1.82, 2.24) is 14.5 Å². The van der Waals surface area contributed by atoms with Crippen molar-refractivity contribution in [1.29, 1.82) is 5.26 Å². The Balaban J connectivity index is 2.37. The SMILES string of the molecule is Cc1c2ncnc(C#N)c2cc2c3ccccc3n(C)c12. The molecule has 100 valence electrons. The standard InChI is InChI=1S/C17H12N4/c1-10-16-13(14(8-18)19-9-20-16)7-12-11-5-3-4-6-15(11)21(2)17(10)12/h3-7,9H,1-2H3. The fourth-order valence-electron chi connectivity index (χ4n) is 3.20. The van der Waals surface area contributed by atoms with Crippen LogP contribution in [0.15, 0.2) is 36.7 Å². The number of hydrogen-bond acceptors (Lipinski definition) is 3. The van der Waals surface area contributed by atoms with Gasteiger partial charge in [0.05, 0.1) is 11.0 Å². The molecule has 0 saturated carbocycles. The smallest absolute Gasteiger partial charge is 0.151 e. The molecule has 0 radical (unpaired) electrons. The molecule has 4 aromatic rings. The van der Waals surface area contributed by atoms with E-state index in [0.717, 1.165) is 27.4 Å². The number of fused-ring (bicyclic) bond motifs is 4. The van der Waals surface area contributed by atoms with E-state index in [9.17, 15) is 5.26 Å². The first-order chi connectivity index (χ1) is 10.2. The van der Waals surface area contributed by atoms with Crippen LogP contribution in [0.5, 0.6) is 0 Å². The summed E-state index contributed by atoms with van der Waals surface area (Å²) in [5, 5.41) is 12.4. The minimum atomic E-state index is 0.429. The largest absolute Gasteiger partial charge is 0.343 e. The number of aryl methyl sites for hydroxylation is 2. The lowest BCUT2D eigenvalue weighted by Gasteiger charge is -2.06. The summed E-state index contributed by atoms with van der Waals surface area (Å²) < 4.78 is 2.19. The van der Waals surface area contributed by atoms with E-state index in [1.54, 1.807) is 0 Å². The van der Waals surface area contributed by atoms with Crippen LogP contribution >= 0.6 is 0 Å². The van der Waals surface area contributed by atoms with Gasteiger partial charge in [-0.25, -0.2) is 9.97 Å². The first kappa shape index (κ1) is 11.9. The van der Waals surface area contributed by atoms with E-state index in [1.165, 1.54) is 17.2 Å². The van der Waals surface area contributed by atoms with Gasteiger partial charge >= 0.3 is 0 Å². The molecular formula is C17H12N4. The van der Waals surface area contributed by atoms with Gasteiger partial charge < -0.3 is 4.57 Å². The molecule has 2 heterocycles. The summed E-state index contributed by atoms with van der Waals surface area (Å²) in [4.78, 5) is 8.46. The average Bonchev–Trinajstić information content (AvgIpc) is 2.81. The van der Waals surface area contributed by atoms with E-state index >= 15 is 0 Å². The van der Waals surface area contributed by atoms with Gasteiger partial charge in [0, 0.05) is 28.7 Å². The van der Waals surface area contributed by atoms with Crippen LogP contribution < -0.4 is 0 Å². The van der Waals surface area contributed by atoms with Gasteiger partial charge in [0.15, 0.2) is 5.69 Å². The molecule has 21 heavy (non-hydrogen) atoms. The van der Waals surface area contributed by atoms with E-state index in [1.807, 2.05) is 18.2 Å². The van der Waals surface area contributed by atoms with Crippen molar-refractivity contribution in [3.05, 3.63) is 47.9 Å². The minimum absolute atomic E-state index is 0.429. The van der Waals surface area contributed by atoms with Crippen LogP contribution in [0, 0.1) is 18.3 Å². The molecule has 0 atom stereocenters. The van der Waals surface area contributed by atoms with Crippen LogP contribution in [0.4, 0.5) is 0 Å². The van der Waals surface area contributed by atoms with Crippen molar-refractivity contribution in [2.45, 2.75) is 6.92 Å². The molecule has 0 spiro atoms. The van der Waals surface area contributed by atoms with E-state index in [-0.39, 0.29) is 0 Å². The highest BCUT2D eigenvalue weighted by Crippen LogP contribution is 2.34. The van der Waals surface area contributed by atoms with Crippen LogP contribution in [0.3, 0.4) is 0 Å². The molecule has 0 aliphatic carbocycles. The van der Waals surface area contributed by atoms with Gasteiger partial charge in [0.1, 0.15) is 12.4 Å². The highest BCUT2D eigenvalue weighted by Gasteiger charge is 2.15. The van der Waals surface area contributed by atoms with Gasteiger partial charge in [0.25, 0.3) is 0 Å². The van der Waals surface area contributed by atoms with Crippen LogP contribution in [-0.4, -0.2) is 14.5 Å². The molecule has 2 aromatic carbocycles. The lowest BCUT2D eigenvalue weighted by molar-refractivity contribution is 1.01. The topological polar surface area (TPSA) is 54.5 Å². The van der Waals surface area contributed by atoms with Gasteiger partial charge in [-0.2, -0.15) is 5.26 Å². The van der Waals surface area contributed by atoms with Gasteiger partial charge in [0.2, 0.25) is 0 Å². The van der Waals surface area contributed by atoms with Crippen LogP contribution in [0.1, 0.15) is 11.3 Å². The maximum absolute atomic E-state index is 9.27. The highest BCUT2D eigenvalue weighted by atomic mass is 14.9. The van der Waals surface area contributed by atoms with E-state index in [4.69, 9.17) is 0 Å². The van der Waals surface area contributed by atoms with Crippen LogP contribution in [0.25, 0.3) is 32.7 Å². The third-order valence-corrected chi connectivity index (χ3v) is 4.14. The molecule has 2 aromatic heterocycles. The average molecular weight is 272 g/mol. The molecule has 0 bridgehead atoms. The van der Waals surface area contributed by atoms with Gasteiger partial charge in [-0.05, 0) is 24.6 Å². The number of aromatic nitrogens is 3. The number of para-hydroxylation sites is 1. The second kappa shape index (κ2) is 4.03. The summed E-state index contributed by atoms with van der Waals surface area (Å²) in [5.41, 5.74) is 4.70. The predicted octanol–water partition coefficient (Wildman–Crippen LogP) is 3.45. The number of nitriles is 1. The van der Waals surface area contributed by atoms with Crippen molar-refractivity contribution < 1.29 is 0 Å². The highest BCUT2D eigenvalue weighted by molar-refractivity contribution is 6.14. The van der Waals surface area contributed by atoms with Crippen LogP contribution in [0.2, 0.25) is 0 Å². The van der Waals surface area contributed by atoms with Crippen molar-refractivity contribution in [3.63, 3.8) is 0 Å². The number of nitrogens with zero attached hydrogens (tertiary/aromatic N) is 4. The summed E-state index contributed by atoms with van der Waals surface area (Å²) in [6, 6.07) is 12.5. The zero-order chi connectivity index (χ0) is 14.6. The summed E-state index contributed by atoms with van der Waals surface area (Å²) >= 11 is 0. The second-order valence-corrected chi connectivity index (χ2v) is 5.20. The molecule has 0 amide bonds. The quantitative estimate of drug-likeness (QED) is 0.492. The Kier molecular flexibility index (Phi) is 2.28. The first-order valence-electron chi connectivity index (χ1n) is 6.74. The molecule has 0 fully saturated rings. The molecule has 0 aliphatic heterocycles. The molecule has 0 saturated heterocycles. The zero-order valence-corrected chi connectivity index (χ0v) is 11.8. The van der Waals surface area contributed by atoms with E-state index < -0.39 is 0 Å². The Labute approximate surface area is 121 Å². The maximum Gasteiger partial charge on any atom is 0.151 e. The molecule has 4 rings (SSSR count). The summed E-state index contributed by atoms with van der Waals surface area (Å²) in [6.07, 6.45) is 1.46. The third kappa shape index (κ3) is 1.43. The Morgan fingerprint density at radius 3 is 2.71 bits per heavy atom. The van der Waals surface area contributed by atoms with Crippen molar-refractivity contribution >= 4 is 32.7 Å². The summed E-state index contributed by atoms with van der Waals surface area (Å²) in [7, 11) is 2.07. The normalized spacial score (nSPS) is 11.3. The predicted molar refractivity (Wildman–Crippen MR) is 83.0 cm³/mol. The fraction of sp³-hybridized carbons (Fsp3) is 0.118. The van der Waals surface area contributed by atoms with Crippen LogP contribution in [-0.2, 0) is 7.05 Å². The Bertz CT molecular complexity index is 1070. The van der Waals surface area contributed by atoms with E-state index in [0.29, 0.717) is 5.69 Å². The Hall–Kier alpha value is -2.93. The molecule has 0 aliphatic rings. The number of rotatable bonds is 0. The zero-order valence-electron chi connectivity index (χ0n) is 11.8. The lowest BCUT2D eigenvalue weighted by atomic mass is 10.0. The Morgan fingerprint density at radius 2 is 1.90 bits per heavy atom. The monoisotopic (exact) mass is 272 g/mol. The minimum Gasteiger partial charge on any atom is -0.343 e. The van der Waals surface area contributed by atoms with E-state index in [2.05, 4.69) is 46.7 Å². The van der Waals surface area contributed by atoms with Gasteiger partial charge in [-0.15, -0.1) is 0 Å². The molecule has 4 nitrogen and oxygen atoms in total. The van der Waals surface area contributed by atoms with Gasteiger partial charge in [-0.3, -0.25) is 0 Å². The first-order valence-corrected chi connectivity index (χ1v) is 6.74. The summed E-state index contributed by atoms with van der Waals surface area (Å²) in [6.45, 7) is 2.05. The number of benzene rings is 2. The lowest BCUT2D eigenvalue weighted by Crippen LogP contribution is -1.94. The molecule has 4 heteroatoms.